The smallest absolute Gasteiger partial charge is 0.248 e. The van der Waals surface area contributed by atoms with Crippen LogP contribution in [0.25, 0.3) is 18.2 Å². The van der Waals surface area contributed by atoms with Crippen molar-refractivity contribution in [3.05, 3.63) is 84.0 Å². The number of benzene rings is 3. The number of phenolic OH excluding ortho intramolecular Hbond substituents is 1. The molecule has 2 N–H and O–H groups in total. The van der Waals surface area contributed by atoms with Crippen LogP contribution in [0.4, 0.5) is 5.69 Å². The molecule has 1 amide bonds. The summed E-state index contributed by atoms with van der Waals surface area (Å²) in [7, 11) is 6.04. The largest absolute Gasteiger partial charge is 0.504 e. The molecule has 0 aromatic heterocycles. The number of methoxy groups -OCH3 is 4. The van der Waals surface area contributed by atoms with Gasteiger partial charge in [0.25, 0.3) is 0 Å². The average molecular weight is 518 g/mol. The fraction of sp³-hybridized carbons (Fsp3) is 0.167. The molecular weight excluding hydrogens is 486 g/mol. The standard InChI is InChI=1S/C30H31NO7/c1-6-16-38-23-9-7-8-20(17-23)11-15-27(33)31-28-22(13-14-24(32)29(28)36-4)12-10-21-18-25(34-2)30(37-5)26(19-21)35-3/h6-15,17-19,32H,1,16H2,2-5H3,(H,31,33)/b12-10+,15-11+. The number of aromatic hydroxyl groups is 1. The molecule has 3 aromatic carbocycles. The van der Waals surface area contributed by atoms with E-state index in [1.54, 1.807) is 50.6 Å². The topological polar surface area (TPSA) is 95.5 Å². The van der Waals surface area contributed by atoms with E-state index in [2.05, 4.69) is 11.9 Å². The van der Waals surface area contributed by atoms with Gasteiger partial charge in [0.15, 0.2) is 23.0 Å². The minimum Gasteiger partial charge on any atom is -0.504 e. The zero-order valence-corrected chi connectivity index (χ0v) is 21.8. The molecule has 0 bridgehead atoms. The summed E-state index contributed by atoms with van der Waals surface area (Å²) in [5, 5.41) is 13.1. The molecule has 0 aliphatic heterocycles. The third kappa shape index (κ3) is 6.88. The van der Waals surface area contributed by atoms with E-state index in [-0.39, 0.29) is 11.5 Å². The summed E-state index contributed by atoms with van der Waals surface area (Å²) in [6.45, 7) is 4.02. The van der Waals surface area contributed by atoms with E-state index in [9.17, 15) is 9.90 Å². The van der Waals surface area contributed by atoms with Gasteiger partial charge in [-0.3, -0.25) is 4.79 Å². The fourth-order valence-corrected chi connectivity index (χ4v) is 3.64. The number of hydrogen-bond donors (Lipinski definition) is 2. The number of hydrogen-bond acceptors (Lipinski definition) is 7. The Morgan fingerprint density at radius 3 is 2.21 bits per heavy atom. The molecule has 3 aromatic rings. The predicted molar refractivity (Wildman–Crippen MR) is 149 cm³/mol. The highest BCUT2D eigenvalue weighted by Crippen LogP contribution is 2.40. The van der Waals surface area contributed by atoms with Gasteiger partial charge in [-0.25, -0.2) is 0 Å². The van der Waals surface area contributed by atoms with Gasteiger partial charge in [-0.05, 0) is 53.6 Å². The third-order valence-electron chi connectivity index (χ3n) is 5.42. The number of carbonyl (C=O) groups excluding carboxylic acids is 1. The van der Waals surface area contributed by atoms with E-state index in [4.69, 9.17) is 23.7 Å². The van der Waals surface area contributed by atoms with Crippen LogP contribution in [0.5, 0.6) is 34.5 Å². The molecule has 0 spiro atoms. The fourth-order valence-electron chi connectivity index (χ4n) is 3.64. The first-order chi connectivity index (χ1) is 18.4. The number of ether oxygens (including phenoxy) is 5. The normalized spacial score (nSPS) is 10.8. The summed E-state index contributed by atoms with van der Waals surface area (Å²) in [4.78, 5) is 12.8. The van der Waals surface area contributed by atoms with Crippen molar-refractivity contribution in [2.24, 2.45) is 0 Å². The van der Waals surface area contributed by atoms with Gasteiger partial charge >= 0.3 is 0 Å². The van der Waals surface area contributed by atoms with Crippen molar-refractivity contribution in [3.63, 3.8) is 0 Å². The van der Waals surface area contributed by atoms with Crippen LogP contribution in [0, 0.1) is 0 Å². The second kappa shape index (κ2) is 13.5. The van der Waals surface area contributed by atoms with Crippen molar-refractivity contribution < 1.29 is 33.6 Å². The Labute approximate surface area is 222 Å². The average Bonchev–Trinajstić information content (AvgIpc) is 2.94. The molecule has 0 fully saturated rings. The van der Waals surface area contributed by atoms with Crippen LogP contribution in [0.15, 0.2) is 67.3 Å². The number of amides is 1. The van der Waals surface area contributed by atoms with Gasteiger partial charge < -0.3 is 34.1 Å². The maximum atomic E-state index is 12.8. The zero-order chi connectivity index (χ0) is 27.5. The van der Waals surface area contributed by atoms with Crippen molar-refractivity contribution in [1.29, 1.82) is 0 Å². The van der Waals surface area contributed by atoms with Gasteiger partial charge in [-0.15, -0.1) is 0 Å². The molecule has 8 heteroatoms. The monoisotopic (exact) mass is 517 g/mol. The molecule has 38 heavy (non-hydrogen) atoms. The van der Waals surface area contributed by atoms with Crippen LogP contribution in [0.1, 0.15) is 16.7 Å². The van der Waals surface area contributed by atoms with Crippen molar-refractivity contribution in [3.8, 4) is 34.5 Å². The van der Waals surface area contributed by atoms with Crippen molar-refractivity contribution in [2.75, 3.05) is 40.4 Å². The second-order valence-electron chi connectivity index (χ2n) is 7.87. The molecule has 0 aliphatic carbocycles. The Bertz CT molecular complexity index is 1320. The highest BCUT2D eigenvalue weighted by atomic mass is 16.5. The maximum absolute atomic E-state index is 12.8. The number of phenols is 1. The lowest BCUT2D eigenvalue weighted by molar-refractivity contribution is -0.111. The molecule has 3 rings (SSSR count). The predicted octanol–water partition coefficient (Wildman–Crippen LogP) is 5.81. The Hall–Kier alpha value is -4.85. The number of anilines is 1. The number of nitrogens with one attached hydrogen (secondary N) is 1. The summed E-state index contributed by atoms with van der Waals surface area (Å²) in [6.07, 6.45) is 8.31. The number of rotatable bonds is 12. The van der Waals surface area contributed by atoms with Crippen LogP contribution in [-0.4, -0.2) is 46.1 Å². The molecule has 0 saturated carbocycles. The van der Waals surface area contributed by atoms with Crippen LogP contribution in [-0.2, 0) is 4.79 Å². The van der Waals surface area contributed by atoms with Crippen LogP contribution in [0.3, 0.4) is 0 Å². The minimum absolute atomic E-state index is 0.108. The van der Waals surface area contributed by atoms with E-state index in [0.717, 1.165) is 11.1 Å². The molecule has 0 radical (unpaired) electrons. The SMILES string of the molecule is C=CCOc1cccc(/C=C/C(=O)Nc2c(/C=C/c3cc(OC)c(OC)c(OC)c3)ccc(O)c2OC)c1. The van der Waals surface area contributed by atoms with Gasteiger partial charge in [0, 0.05) is 11.6 Å². The van der Waals surface area contributed by atoms with Gasteiger partial charge in [0.1, 0.15) is 12.4 Å². The third-order valence-corrected chi connectivity index (χ3v) is 5.42. The van der Waals surface area contributed by atoms with E-state index in [0.29, 0.717) is 40.9 Å². The first-order valence-electron chi connectivity index (χ1n) is 11.6. The summed E-state index contributed by atoms with van der Waals surface area (Å²) >= 11 is 0. The molecule has 0 saturated heterocycles. The summed E-state index contributed by atoms with van der Waals surface area (Å²) < 4.78 is 27.1. The number of carbonyl (C=O) groups is 1. The highest BCUT2D eigenvalue weighted by molar-refractivity contribution is 6.04. The molecule has 198 valence electrons. The van der Waals surface area contributed by atoms with Crippen molar-refractivity contribution in [1.82, 2.24) is 0 Å². The lowest BCUT2D eigenvalue weighted by Gasteiger charge is -2.14. The summed E-state index contributed by atoms with van der Waals surface area (Å²) in [6, 6.07) is 14.1. The quantitative estimate of drug-likeness (QED) is 0.178. The molecule has 0 aliphatic rings. The van der Waals surface area contributed by atoms with Crippen LogP contribution >= 0.6 is 0 Å². The highest BCUT2D eigenvalue weighted by Gasteiger charge is 2.15. The van der Waals surface area contributed by atoms with E-state index in [1.165, 1.54) is 26.4 Å². The Kier molecular flexibility index (Phi) is 9.82. The zero-order valence-electron chi connectivity index (χ0n) is 21.8. The van der Waals surface area contributed by atoms with Gasteiger partial charge in [0.05, 0.1) is 34.1 Å². The van der Waals surface area contributed by atoms with E-state index in [1.807, 2.05) is 30.3 Å². The second-order valence-corrected chi connectivity index (χ2v) is 7.87. The first-order valence-corrected chi connectivity index (χ1v) is 11.6. The lowest BCUT2D eigenvalue weighted by atomic mass is 10.1. The molecular formula is C30H31NO7. The molecule has 0 unspecified atom stereocenters. The van der Waals surface area contributed by atoms with Crippen LogP contribution < -0.4 is 29.0 Å². The van der Waals surface area contributed by atoms with E-state index < -0.39 is 5.91 Å². The molecule has 8 nitrogen and oxygen atoms in total. The van der Waals surface area contributed by atoms with E-state index >= 15 is 0 Å². The van der Waals surface area contributed by atoms with Crippen molar-refractivity contribution >= 4 is 29.8 Å². The Morgan fingerprint density at radius 2 is 1.58 bits per heavy atom. The Balaban J connectivity index is 1.89. The maximum Gasteiger partial charge on any atom is 0.248 e. The minimum atomic E-state index is -0.409. The van der Waals surface area contributed by atoms with Gasteiger partial charge in [0.2, 0.25) is 11.7 Å². The molecule has 0 heterocycles. The van der Waals surface area contributed by atoms with Crippen LogP contribution in [0.2, 0.25) is 0 Å². The van der Waals surface area contributed by atoms with Gasteiger partial charge in [-0.1, -0.05) is 36.9 Å². The summed E-state index contributed by atoms with van der Waals surface area (Å²) in [5.74, 6) is 1.79. The molecule has 0 atom stereocenters. The first kappa shape index (κ1) is 27.7. The Morgan fingerprint density at radius 1 is 0.868 bits per heavy atom. The summed E-state index contributed by atoms with van der Waals surface area (Å²) in [5.41, 5.74) is 2.47. The lowest BCUT2D eigenvalue weighted by Crippen LogP contribution is -2.10. The van der Waals surface area contributed by atoms with Gasteiger partial charge in [-0.2, -0.15) is 0 Å². The van der Waals surface area contributed by atoms with Crippen molar-refractivity contribution in [2.45, 2.75) is 0 Å².